The van der Waals surface area contributed by atoms with E-state index in [1.165, 1.54) is 18.5 Å². The van der Waals surface area contributed by atoms with Crippen LogP contribution < -0.4 is 5.32 Å². The van der Waals surface area contributed by atoms with Gasteiger partial charge in [0.15, 0.2) is 0 Å². The molecule has 20 heavy (non-hydrogen) atoms. The molecule has 0 aliphatic rings. The average molecular weight is 291 g/mol. The van der Waals surface area contributed by atoms with E-state index in [0.717, 1.165) is 0 Å². The lowest BCUT2D eigenvalue weighted by Crippen LogP contribution is -2.05. The van der Waals surface area contributed by atoms with Gasteiger partial charge in [0.05, 0.1) is 0 Å². The lowest BCUT2D eigenvalue weighted by molar-refractivity contribution is 0.628. The van der Waals surface area contributed by atoms with Crippen LogP contribution in [0.4, 0.5) is 16.0 Å². The lowest BCUT2D eigenvalue weighted by atomic mass is 10.3. The standard InChI is InChI=1S/C12H8ClFN6/c13-10-17-11(16-9-3-1-2-8(14)6-9)19-12(18-10)20-5-4-15-7-20/h1-7H,(H,16,17,18,19). The van der Waals surface area contributed by atoms with E-state index in [-0.39, 0.29) is 17.0 Å². The molecule has 0 unspecified atom stereocenters. The van der Waals surface area contributed by atoms with E-state index in [4.69, 9.17) is 11.6 Å². The number of aromatic nitrogens is 5. The first kappa shape index (κ1) is 12.5. The molecule has 6 nitrogen and oxygen atoms in total. The van der Waals surface area contributed by atoms with Crippen LogP contribution in [0.3, 0.4) is 0 Å². The Morgan fingerprint density at radius 2 is 2.10 bits per heavy atom. The molecule has 0 bridgehead atoms. The van der Waals surface area contributed by atoms with Gasteiger partial charge in [0, 0.05) is 18.1 Å². The number of nitrogens with one attached hydrogen (secondary N) is 1. The molecular formula is C12H8ClFN6. The number of imidazole rings is 1. The molecule has 2 heterocycles. The van der Waals surface area contributed by atoms with Gasteiger partial charge in [-0.1, -0.05) is 6.07 Å². The van der Waals surface area contributed by atoms with Gasteiger partial charge in [0.1, 0.15) is 12.1 Å². The Kier molecular flexibility index (Phi) is 3.26. The van der Waals surface area contributed by atoms with E-state index in [0.29, 0.717) is 11.6 Å². The molecule has 0 amide bonds. The summed E-state index contributed by atoms with van der Waals surface area (Å²) >= 11 is 5.85. The highest BCUT2D eigenvalue weighted by molar-refractivity contribution is 6.28. The summed E-state index contributed by atoms with van der Waals surface area (Å²) in [6.07, 6.45) is 4.81. The van der Waals surface area contributed by atoms with Gasteiger partial charge in [0.2, 0.25) is 17.2 Å². The summed E-state index contributed by atoms with van der Waals surface area (Å²) in [6, 6.07) is 5.95. The molecule has 3 rings (SSSR count). The number of anilines is 2. The van der Waals surface area contributed by atoms with Gasteiger partial charge in [-0.3, -0.25) is 4.57 Å². The maximum absolute atomic E-state index is 13.1. The van der Waals surface area contributed by atoms with Crippen molar-refractivity contribution in [3.05, 3.63) is 54.1 Å². The molecule has 0 aliphatic carbocycles. The Morgan fingerprint density at radius 1 is 1.20 bits per heavy atom. The van der Waals surface area contributed by atoms with Gasteiger partial charge in [-0.15, -0.1) is 0 Å². The maximum Gasteiger partial charge on any atom is 0.241 e. The number of halogens is 2. The fourth-order valence-corrected chi connectivity index (χ4v) is 1.74. The SMILES string of the molecule is Fc1cccc(Nc2nc(Cl)nc(-n3ccnc3)n2)c1. The van der Waals surface area contributed by atoms with E-state index in [2.05, 4.69) is 25.3 Å². The van der Waals surface area contributed by atoms with Crippen LogP contribution in [-0.2, 0) is 0 Å². The monoisotopic (exact) mass is 290 g/mol. The highest BCUT2D eigenvalue weighted by Gasteiger charge is 2.07. The lowest BCUT2D eigenvalue weighted by Gasteiger charge is -2.07. The summed E-state index contributed by atoms with van der Waals surface area (Å²) in [5.74, 6) is 0.186. The molecule has 0 fully saturated rings. The van der Waals surface area contributed by atoms with Crippen LogP contribution in [-0.4, -0.2) is 24.5 Å². The molecule has 0 spiro atoms. The van der Waals surface area contributed by atoms with Crippen molar-refractivity contribution in [2.45, 2.75) is 0 Å². The fourth-order valence-electron chi connectivity index (χ4n) is 1.58. The van der Waals surface area contributed by atoms with Crippen LogP contribution in [0.25, 0.3) is 5.95 Å². The smallest absolute Gasteiger partial charge is 0.241 e. The first-order valence-electron chi connectivity index (χ1n) is 5.63. The molecule has 0 aliphatic heterocycles. The van der Waals surface area contributed by atoms with Crippen molar-refractivity contribution in [1.82, 2.24) is 24.5 Å². The Labute approximate surface area is 118 Å². The Hall–Kier alpha value is -2.54. The summed E-state index contributed by atoms with van der Waals surface area (Å²) in [6.45, 7) is 0. The van der Waals surface area contributed by atoms with Crippen molar-refractivity contribution in [2.75, 3.05) is 5.32 Å². The zero-order valence-corrected chi connectivity index (χ0v) is 10.8. The highest BCUT2D eigenvalue weighted by atomic mass is 35.5. The van der Waals surface area contributed by atoms with E-state index in [9.17, 15) is 4.39 Å². The number of nitrogens with zero attached hydrogens (tertiary/aromatic N) is 5. The predicted molar refractivity (Wildman–Crippen MR) is 71.6 cm³/mol. The number of hydrogen-bond acceptors (Lipinski definition) is 5. The quantitative estimate of drug-likeness (QED) is 0.803. The summed E-state index contributed by atoms with van der Waals surface area (Å²) in [5.41, 5.74) is 0.517. The minimum atomic E-state index is -0.356. The molecule has 1 N–H and O–H groups in total. The van der Waals surface area contributed by atoms with Gasteiger partial charge in [-0.05, 0) is 29.8 Å². The third-order valence-corrected chi connectivity index (χ3v) is 2.58. The summed E-state index contributed by atoms with van der Waals surface area (Å²) in [5, 5.41) is 2.90. The third kappa shape index (κ3) is 2.72. The van der Waals surface area contributed by atoms with Crippen LogP contribution in [0, 0.1) is 5.82 Å². The molecule has 1 aromatic carbocycles. The molecule has 8 heteroatoms. The molecule has 0 saturated carbocycles. The molecular weight excluding hydrogens is 283 g/mol. The number of benzene rings is 1. The first-order chi connectivity index (χ1) is 9.70. The van der Waals surface area contributed by atoms with Crippen molar-refractivity contribution in [1.29, 1.82) is 0 Å². The third-order valence-electron chi connectivity index (χ3n) is 2.41. The van der Waals surface area contributed by atoms with Crippen LogP contribution >= 0.6 is 11.6 Å². The fraction of sp³-hybridized carbons (Fsp3) is 0. The first-order valence-corrected chi connectivity index (χ1v) is 6.01. The van der Waals surface area contributed by atoms with E-state index in [1.54, 1.807) is 29.1 Å². The summed E-state index contributed by atoms with van der Waals surface area (Å²) < 4.78 is 14.7. The molecule has 0 atom stereocenters. The summed E-state index contributed by atoms with van der Waals surface area (Å²) in [4.78, 5) is 16.0. The van der Waals surface area contributed by atoms with Crippen LogP contribution in [0.15, 0.2) is 43.0 Å². The second-order valence-electron chi connectivity index (χ2n) is 3.83. The average Bonchev–Trinajstić information content (AvgIpc) is 2.91. The van der Waals surface area contributed by atoms with Crippen LogP contribution in [0.1, 0.15) is 0 Å². The van der Waals surface area contributed by atoms with Crippen molar-refractivity contribution < 1.29 is 4.39 Å². The molecule has 0 saturated heterocycles. The normalized spacial score (nSPS) is 10.5. The van der Waals surface area contributed by atoms with Gasteiger partial charge in [-0.2, -0.15) is 15.0 Å². The van der Waals surface area contributed by atoms with Gasteiger partial charge >= 0.3 is 0 Å². The summed E-state index contributed by atoms with van der Waals surface area (Å²) in [7, 11) is 0. The van der Waals surface area contributed by atoms with E-state index in [1.807, 2.05) is 0 Å². The van der Waals surface area contributed by atoms with Gasteiger partial charge in [-0.25, -0.2) is 9.37 Å². The Morgan fingerprint density at radius 3 is 2.85 bits per heavy atom. The largest absolute Gasteiger partial charge is 0.324 e. The second kappa shape index (κ2) is 5.22. The van der Waals surface area contributed by atoms with Gasteiger partial charge < -0.3 is 5.32 Å². The van der Waals surface area contributed by atoms with Crippen molar-refractivity contribution in [3.63, 3.8) is 0 Å². The predicted octanol–water partition coefficient (Wildman–Crippen LogP) is 2.59. The van der Waals surface area contributed by atoms with E-state index < -0.39 is 0 Å². The highest BCUT2D eigenvalue weighted by Crippen LogP contribution is 2.16. The zero-order valence-electron chi connectivity index (χ0n) is 10.0. The number of rotatable bonds is 3. The molecule has 0 radical (unpaired) electrons. The molecule has 100 valence electrons. The van der Waals surface area contributed by atoms with Crippen molar-refractivity contribution >= 4 is 23.2 Å². The second-order valence-corrected chi connectivity index (χ2v) is 4.17. The van der Waals surface area contributed by atoms with Crippen LogP contribution in [0.5, 0.6) is 0 Å². The van der Waals surface area contributed by atoms with Crippen molar-refractivity contribution in [2.24, 2.45) is 0 Å². The van der Waals surface area contributed by atoms with E-state index >= 15 is 0 Å². The van der Waals surface area contributed by atoms with Crippen molar-refractivity contribution in [3.8, 4) is 5.95 Å². The molecule has 2 aromatic heterocycles. The minimum absolute atomic E-state index is 0.0302. The maximum atomic E-state index is 13.1. The Balaban J connectivity index is 1.94. The zero-order chi connectivity index (χ0) is 13.9. The number of hydrogen-bond donors (Lipinski definition) is 1. The minimum Gasteiger partial charge on any atom is -0.324 e. The Bertz CT molecular complexity index is 731. The van der Waals surface area contributed by atoms with Crippen LogP contribution in [0.2, 0.25) is 5.28 Å². The topological polar surface area (TPSA) is 68.5 Å². The van der Waals surface area contributed by atoms with Gasteiger partial charge in [0.25, 0.3) is 0 Å². The molecule has 3 aromatic rings.